The Morgan fingerprint density at radius 2 is 2.20 bits per heavy atom. The molecule has 2 atom stereocenters. The molecular formula is C23H23N3O3S. The molecule has 1 aliphatic rings. The van der Waals surface area contributed by atoms with Crippen LogP contribution in [0.5, 0.6) is 0 Å². The summed E-state index contributed by atoms with van der Waals surface area (Å²) in [4.78, 5) is 38.0. The molecule has 1 aliphatic carbocycles. The number of nitrogens with one attached hydrogen (secondary N) is 2. The number of thiophene rings is 1. The molecule has 30 heavy (non-hydrogen) atoms. The fourth-order valence-electron chi connectivity index (χ4n) is 4.29. The van der Waals surface area contributed by atoms with E-state index in [-0.39, 0.29) is 17.9 Å². The summed E-state index contributed by atoms with van der Waals surface area (Å²) >= 11 is 1.60. The van der Waals surface area contributed by atoms with Crippen LogP contribution in [0.1, 0.15) is 48.2 Å². The Labute approximate surface area is 177 Å². The molecule has 0 saturated heterocycles. The summed E-state index contributed by atoms with van der Waals surface area (Å²) in [5.74, 6) is 0.675. The fraction of sp³-hybridized carbons (Fsp3) is 0.348. The first kappa shape index (κ1) is 19.1. The van der Waals surface area contributed by atoms with E-state index in [1.807, 2.05) is 30.5 Å². The lowest BCUT2D eigenvalue weighted by molar-refractivity contribution is -0.148. The van der Waals surface area contributed by atoms with Crippen molar-refractivity contribution in [3.63, 3.8) is 0 Å². The SMILES string of the molecule is C[C@@H]1CCc2c(sc3nc([C@@H](C)OC(=O)Cc4c[nH]c5ccccc45)[nH]c(=O)c23)C1. The first-order valence-electron chi connectivity index (χ1n) is 10.3. The number of H-pyrrole nitrogens is 2. The number of aromatic amines is 2. The summed E-state index contributed by atoms with van der Waals surface area (Å²) in [5, 5.41) is 1.72. The molecule has 1 aromatic carbocycles. The molecule has 0 aliphatic heterocycles. The van der Waals surface area contributed by atoms with Gasteiger partial charge in [0.15, 0.2) is 11.9 Å². The van der Waals surface area contributed by atoms with Crippen LogP contribution in [0, 0.1) is 5.92 Å². The maximum absolute atomic E-state index is 12.8. The van der Waals surface area contributed by atoms with Gasteiger partial charge in [0.1, 0.15) is 4.83 Å². The van der Waals surface area contributed by atoms with Gasteiger partial charge in [-0.3, -0.25) is 9.59 Å². The number of rotatable bonds is 4. The van der Waals surface area contributed by atoms with Crippen LogP contribution in [-0.2, 0) is 28.8 Å². The number of carbonyl (C=O) groups is 1. The highest BCUT2D eigenvalue weighted by atomic mass is 32.1. The molecule has 0 unspecified atom stereocenters. The first-order valence-corrected chi connectivity index (χ1v) is 11.1. The molecule has 5 rings (SSSR count). The van der Waals surface area contributed by atoms with Gasteiger partial charge in [0.05, 0.1) is 11.8 Å². The number of aryl methyl sites for hydroxylation is 1. The minimum absolute atomic E-state index is 0.137. The van der Waals surface area contributed by atoms with E-state index >= 15 is 0 Å². The molecule has 3 heterocycles. The van der Waals surface area contributed by atoms with E-state index < -0.39 is 6.10 Å². The van der Waals surface area contributed by atoms with Gasteiger partial charge in [-0.15, -0.1) is 11.3 Å². The van der Waals surface area contributed by atoms with E-state index in [0.29, 0.717) is 17.1 Å². The summed E-state index contributed by atoms with van der Waals surface area (Å²) in [6.45, 7) is 3.98. The third kappa shape index (κ3) is 3.33. The van der Waals surface area contributed by atoms with Gasteiger partial charge < -0.3 is 14.7 Å². The topological polar surface area (TPSA) is 87.8 Å². The normalized spacial score (nSPS) is 17.2. The molecule has 3 aromatic heterocycles. The predicted octanol–water partition coefficient (Wildman–Crippen LogP) is 4.44. The highest BCUT2D eigenvalue weighted by Gasteiger charge is 2.24. The number of aromatic nitrogens is 3. The van der Waals surface area contributed by atoms with Gasteiger partial charge >= 0.3 is 5.97 Å². The lowest BCUT2D eigenvalue weighted by atomic mass is 9.89. The Hall–Kier alpha value is -2.93. The number of ether oxygens (including phenoxy) is 1. The van der Waals surface area contributed by atoms with Crippen LogP contribution in [0.4, 0.5) is 0 Å². The van der Waals surface area contributed by atoms with E-state index in [2.05, 4.69) is 21.9 Å². The molecule has 154 valence electrons. The third-order valence-corrected chi connectivity index (χ3v) is 7.03. The Morgan fingerprint density at radius 3 is 3.07 bits per heavy atom. The molecule has 0 radical (unpaired) electrons. The Bertz CT molecular complexity index is 1320. The Balaban J connectivity index is 1.37. The smallest absolute Gasteiger partial charge is 0.311 e. The molecule has 0 saturated carbocycles. The van der Waals surface area contributed by atoms with Crippen molar-refractivity contribution in [3.05, 3.63) is 62.6 Å². The number of hydrogen-bond acceptors (Lipinski definition) is 5. The third-order valence-electron chi connectivity index (χ3n) is 5.89. The van der Waals surface area contributed by atoms with Gasteiger partial charge in [0, 0.05) is 22.0 Å². The summed E-state index contributed by atoms with van der Waals surface area (Å²) in [6.07, 6.45) is 4.39. The van der Waals surface area contributed by atoms with Gasteiger partial charge in [-0.25, -0.2) is 4.98 Å². The highest BCUT2D eigenvalue weighted by molar-refractivity contribution is 7.18. The van der Waals surface area contributed by atoms with Crippen LogP contribution in [0.3, 0.4) is 0 Å². The predicted molar refractivity (Wildman–Crippen MR) is 118 cm³/mol. The molecule has 4 aromatic rings. The van der Waals surface area contributed by atoms with Crippen molar-refractivity contribution in [2.24, 2.45) is 5.92 Å². The molecule has 0 amide bonds. The van der Waals surface area contributed by atoms with Crippen molar-refractivity contribution in [2.75, 3.05) is 0 Å². The number of nitrogens with zero attached hydrogens (tertiary/aromatic N) is 1. The number of esters is 1. The number of benzene rings is 1. The van der Waals surface area contributed by atoms with Crippen LogP contribution in [0.2, 0.25) is 0 Å². The minimum Gasteiger partial charge on any atom is -0.454 e. The second-order valence-corrected chi connectivity index (χ2v) is 9.24. The molecule has 0 spiro atoms. The zero-order valence-corrected chi connectivity index (χ0v) is 17.8. The van der Waals surface area contributed by atoms with Crippen molar-refractivity contribution in [1.82, 2.24) is 15.0 Å². The average Bonchev–Trinajstić information content (AvgIpc) is 3.28. The Morgan fingerprint density at radius 1 is 1.37 bits per heavy atom. The van der Waals surface area contributed by atoms with Crippen molar-refractivity contribution in [1.29, 1.82) is 0 Å². The van der Waals surface area contributed by atoms with Gasteiger partial charge in [0.25, 0.3) is 5.56 Å². The van der Waals surface area contributed by atoms with Crippen molar-refractivity contribution >= 4 is 38.4 Å². The van der Waals surface area contributed by atoms with E-state index in [0.717, 1.165) is 46.1 Å². The summed E-state index contributed by atoms with van der Waals surface area (Å²) < 4.78 is 5.60. The molecule has 7 heteroatoms. The quantitative estimate of drug-likeness (QED) is 0.477. The second-order valence-electron chi connectivity index (χ2n) is 8.15. The molecular weight excluding hydrogens is 398 g/mol. The minimum atomic E-state index is -0.627. The second kappa shape index (κ2) is 7.40. The molecule has 0 fully saturated rings. The highest BCUT2D eigenvalue weighted by Crippen LogP contribution is 2.36. The van der Waals surface area contributed by atoms with Gasteiger partial charge in [-0.1, -0.05) is 25.1 Å². The van der Waals surface area contributed by atoms with E-state index in [9.17, 15) is 9.59 Å². The van der Waals surface area contributed by atoms with Crippen molar-refractivity contribution < 1.29 is 9.53 Å². The Kier molecular flexibility index (Phi) is 4.70. The zero-order valence-electron chi connectivity index (χ0n) is 17.0. The zero-order chi connectivity index (χ0) is 20.8. The summed E-state index contributed by atoms with van der Waals surface area (Å²) in [5.41, 5.74) is 2.89. The monoisotopic (exact) mass is 421 g/mol. The van der Waals surface area contributed by atoms with Crippen molar-refractivity contribution in [3.8, 4) is 0 Å². The maximum Gasteiger partial charge on any atom is 0.311 e. The van der Waals surface area contributed by atoms with E-state index in [4.69, 9.17) is 4.74 Å². The lowest BCUT2D eigenvalue weighted by Crippen LogP contribution is -2.18. The number of para-hydroxylation sites is 1. The van der Waals surface area contributed by atoms with Crippen LogP contribution in [0.15, 0.2) is 35.3 Å². The van der Waals surface area contributed by atoms with Gasteiger partial charge in [0.2, 0.25) is 0 Å². The summed E-state index contributed by atoms with van der Waals surface area (Å²) in [7, 11) is 0. The average molecular weight is 422 g/mol. The van der Waals surface area contributed by atoms with Crippen LogP contribution < -0.4 is 5.56 Å². The van der Waals surface area contributed by atoms with Crippen LogP contribution in [-0.4, -0.2) is 20.9 Å². The number of carbonyl (C=O) groups excluding carboxylic acids is 1. The molecule has 0 bridgehead atoms. The molecule has 6 nitrogen and oxygen atoms in total. The van der Waals surface area contributed by atoms with Gasteiger partial charge in [-0.05, 0) is 49.3 Å². The maximum atomic E-state index is 12.8. The van der Waals surface area contributed by atoms with Gasteiger partial charge in [-0.2, -0.15) is 0 Å². The lowest BCUT2D eigenvalue weighted by Gasteiger charge is -2.17. The van der Waals surface area contributed by atoms with Crippen LogP contribution >= 0.6 is 11.3 Å². The molecule has 2 N–H and O–H groups in total. The van der Waals surface area contributed by atoms with E-state index in [1.54, 1.807) is 18.3 Å². The number of hydrogen-bond donors (Lipinski definition) is 2. The standard InChI is InChI=1S/C23H23N3O3S/c1-12-7-8-16-18(9-12)30-23-20(16)22(28)25-21(26-23)13(2)29-19(27)10-14-11-24-17-6-4-3-5-15(14)17/h3-6,11-13,24H,7-10H2,1-2H3,(H,25,26,28)/t12-,13-/m1/s1. The largest absolute Gasteiger partial charge is 0.454 e. The summed E-state index contributed by atoms with van der Waals surface area (Å²) in [6, 6.07) is 7.84. The van der Waals surface area contributed by atoms with E-state index in [1.165, 1.54) is 4.88 Å². The van der Waals surface area contributed by atoms with Crippen molar-refractivity contribution in [2.45, 2.75) is 45.6 Å². The van der Waals surface area contributed by atoms with Crippen LogP contribution in [0.25, 0.3) is 21.1 Å². The fourth-order valence-corrected chi connectivity index (χ4v) is 5.68. The first-order chi connectivity index (χ1) is 14.5. The number of fused-ring (bicyclic) bond motifs is 4.